The van der Waals surface area contributed by atoms with Crippen LogP contribution in [0.5, 0.6) is 11.5 Å². The van der Waals surface area contributed by atoms with Crippen molar-refractivity contribution in [1.29, 1.82) is 0 Å². The minimum atomic E-state index is 0.00486. The van der Waals surface area contributed by atoms with Gasteiger partial charge in [-0.3, -0.25) is 4.79 Å². The Labute approximate surface area is 119 Å². The zero-order chi connectivity index (χ0) is 14.4. The smallest absolute Gasteiger partial charge is 0.224 e. The standard InChI is InChI=1S/C15H22N2O3/c1-19-13-5-6-14(20-2)11(8-13)9-15(18)17-10-12-4-3-7-16-12/h5-6,8,12,16H,3-4,7,9-10H2,1-2H3,(H,17,18). The summed E-state index contributed by atoms with van der Waals surface area (Å²) < 4.78 is 10.5. The summed E-state index contributed by atoms with van der Waals surface area (Å²) in [6, 6.07) is 5.89. The Bertz CT molecular complexity index is 456. The largest absolute Gasteiger partial charge is 0.497 e. The third-order valence-electron chi connectivity index (χ3n) is 3.55. The highest BCUT2D eigenvalue weighted by Crippen LogP contribution is 2.24. The van der Waals surface area contributed by atoms with Crippen LogP contribution >= 0.6 is 0 Å². The van der Waals surface area contributed by atoms with E-state index in [4.69, 9.17) is 9.47 Å². The predicted octanol–water partition coefficient (Wildman–Crippen LogP) is 1.11. The summed E-state index contributed by atoms with van der Waals surface area (Å²) >= 11 is 0. The van der Waals surface area contributed by atoms with E-state index in [1.807, 2.05) is 18.2 Å². The topological polar surface area (TPSA) is 59.6 Å². The van der Waals surface area contributed by atoms with Crippen molar-refractivity contribution in [2.45, 2.75) is 25.3 Å². The van der Waals surface area contributed by atoms with Gasteiger partial charge in [-0.2, -0.15) is 0 Å². The van der Waals surface area contributed by atoms with Gasteiger partial charge in [-0.05, 0) is 37.6 Å². The van der Waals surface area contributed by atoms with Crippen LogP contribution in [0.4, 0.5) is 0 Å². The maximum Gasteiger partial charge on any atom is 0.224 e. The van der Waals surface area contributed by atoms with E-state index >= 15 is 0 Å². The molecule has 1 aliphatic heterocycles. The molecule has 0 bridgehead atoms. The van der Waals surface area contributed by atoms with Gasteiger partial charge in [0.05, 0.1) is 20.6 Å². The summed E-state index contributed by atoms with van der Waals surface area (Å²) in [4.78, 5) is 12.0. The van der Waals surface area contributed by atoms with Gasteiger partial charge in [-0.1, -0.05) is 0 Å². The number of hydrogen-bond acceptors (Lipinski definition) is 4. The molecule has 1 amide bonds. The van der Waals surface area contributed by atoms with Crippen molar-refractivity contribution < 1.29 is 14.3 Å². The van der Waals surface area contributed by atoms with E-state index in [0.717, 1.165) is 24.3 Å². The van der Waals surface area contributed by atoms with Crippen molar-refractivity contribution in [2.75, 3.05) is 27.3 Å². The van der Waals surface area contributed by atoms with Gasteiger partial charge in [-0.15, -0.1) is 0 Å². The number of benzene rings is 1. The fraction of sp³-hybridized carbons (Fsp3) is 0.533. The highest BCUT2D eigenvalue weighted by atomic mass is 16.5. The predicted molar refractivity (Wildman–Crippen MR) is 77.3 cm³/mol. The molecule has 20 heavy (non-hydrogen) atoms. The number of rotatable bonds is 6. The van der Waals surface area contributed by atoms with Gasteiger partial charge in [-0.25, -0.2) is 0 Å². The number of amides is 1. The molecule has 1 aromatic rings. The molecule has 0 aliphatic carbocycles. The second-order valence-corrected chi connectivity index (χ2v) is 4.95. The minimum Gasteiger partial charge on any atom is -0.497 e. The highest BCUT2D eigenvalue weighted by molar-refractivity contribution is 5.79. The second-order valence-electron chi connectivity index (χ2n) is 4.95. The van der Waals surface area contributed by atoms with E-state index in [2.05, 4.69) is 10.6 Å². The Morgan fingerprint density at radius 2 is 2.25 bits per heavy atom. The number of nitrogens with one attached hydrogen (secondary N) is 2. The molecule has 1 aliphatic rings. The van der Waals surface area contributed by atoms with E-state index in [1.165, 1.54) is 6.42 Å². The van der Waals surface area contributed by atoms with Crippen LogP contribution in [0.3, 0.4) is 0 Å². The molecule has 0 saturated carbocycles. The zero-order valence-electron chi connectivity index (χ0n) is 12.1. The number of ether oxygens (including phenoxy) is 2. The van der Waals surface area contributed by atoms with Crippen molar-refractivity contribution in [3.8, 4) is 11.5 Å². The monoisotopic (exact) mass is 278 g/mol. The quantitative estimate of drug-likeness (QED) is 0.818. The first-order valence-corrected chi connectivity index (χ1v) is 6.94. The third-order valence-corrected chi connectivity index (χ3v) is 3.55. The van der Waals surface area contributed by atoms with Crippen molar-refractivity contribution >= 4 is 5.91 Å². The van der Waals surface area contributed by atoms with Crippen LogP contribution in [-0.4, -0.2) is 39.3 Å². The van der Waals surface area contributed by atoms with Crippen molar-refractivity contribution in [3.63, 3.8) is 0 Å². The summed E-state index contributed by atoms with van der Waals surface area (Å²) in [5, 5.41) is 6.32. The fourth-order valence-corrected chi connectivity index (χ4v) is 2.42. The lowest BCUT2D eigenvalue weighted by Gasteiger charge is -2.13. The van der Waals surface area contributed by atoms with Crippen LogP contribution < -0.4 is 20.1 Å². The van der Waals surface area contributed by atoms with E-state index in [0.29, 0.717) is 24.8 Å². The van der Waals surface area contributed by atoms with Gasteiger partial charge in [0.2, 0.25) is 5.91 Å². The molecule has 5 heteroatoms. The van der Waals surface area contributed by atoms with Crippen molar-refractivity contribution in [2.24, 2.45) is 0 Å². The molecule has 1 unspecified atom stereocenters. The summed E-state index contributed by atoms with van der Waals surface area (Å²) in [6.45, 7) is 1.73. The van der Waals surface area contributed by atoms with Gasteiger partial charge in [0.1, 0.15) is 11.5 Å². The first-order valence-electron chi connectivity index (χ1n) is 6.94. The fourth-order valence-electron chi connectivity index (χ4n) is 2.42. The molecule has 1 atom stereocenters. The van der Waals surface area contributed by atoms with E-state index in [1.54, 1.807) is 14.2 Å². The molecule has 1 aromatic carbocycles. The van der Waals surface area contributed by atoms with Gasteiger partial charge in [0.15, 0.2) is 0 Å². The zero-order valence-corrected chi connectivity index (χ0v) is 12.1. The summed E-state index contributed by atoms with van der Waals surface area (Å²) in [6.07, 6.45) is 2.61. The molecular formula is C15H22N2O3. The molecule has 1 saturated heterocycles. The third kappa shape index (κ3) is 3.87. The van der Waals surface area contributed by atoms with Gasteiger partial charge >= 0.3 is 0 Å². The van der Waals surface area contributed by atoms with Gasteiger partial charge in [0.25, 0.3) is 0 Å². The Kier molecular flexibility index (Phi) is 5.24. The molecule has 1 fully saturated rings. The first-order chi connectivity index (χ1) is 9.72. The number of methoxy groups -OCH3 is 2. The molecule has 0 spiro atoms. The maximum absolute atomic E-state index is 12.0. The van der Waals surface area contributed by atoms with E-state index in [-0.39, 0.29) is 5.91 Å². The average Bonchev–Trinajstić information content (AvgIpc) is 2.98. The molecule has 1 heterocycles. The van der Waals surface area contributed by atoms with Crippen LogP contribution in [-0.2, 0) is 11.2 Å². The minimum absolute atomic E-state index is 0.00486. The normalized spacial score (nSPS) is 17.8. The van der Waals surface area contributed by atoms with Crippen LogP contribution in [0.25, 0.3) is 0 Å². The Morgan fingerprint density at radius 1 is 1.40 bits per heavy atom. The van der Waals surface area contributed by atoms with E-state index in [9.17, 15) is 4.79 Å². The molecule has 110 valence electrons. The van der Waals surface area contributed by atoms with Crippen LogP contribution in [0.1, 0.15) is 18.4 Å². The molecule has 5 nitrogen and oxygen atoms in total. The van der Waals surface area contributed by atoms with E-state index < -0.39 is 0 Å². The molecule has 2 rings (SSSR count). The molecule has 2 N–H and O–H groups in total. The lowest BCUT2D eigenvalue weighted by Crippen LogP contribution is -2.37. The summed E-state index contributed by atoms with van der Waals surface area (Å²) in [7, 11) is 3.21. The second kappa shape index (κ2) is 7.14. The van der Waals surface area contributed by atoms with Crippen LogP contribution in [0.2, 0.25) is 0 Å². The molecule has 0 aromatic heterocycles. The summed E-state index contributed by atoms with van der Waals surface area (Å²) in [5.41, 5.74) is 0.837. The van der Waals surface area contributed by atoms with Gasteiger partial charge in [0, 0.05) is 18.2 Å². The first kappa shape index (κ1) is 14.7. The number of carbonyl (C=O) groups excluding carboxylic acids is 1. The van der Waals surface area contributed by atoms with Crippen molar-refractivity contribution in [3.05, 3.63) is 23.8 Å². The van der Waals surface area contributed by atoms with Crippen LogP contribution in [0, 0.1) is 0 Å². The van der Waals surface area contributed by atoms with Crippen LogP contribution in [0.15, 0.2) is 18.2 Å². The lowest BCUT2D eigenvalue weighted by molar-refractivity contribution is -0.120. The van der Waals surface area contributed by atoms with Gasteiger partial charge < -0.3 is 20.1 Å². The SMILES string of the molecule is COc1ccc(OC)c(CC(=O)NCC2CCCN2)c1. The lowest BCUT2D eigenvalue weighted by atomic mass is 10.1. The number of hydrogen-bond donors (Lipinski definition) is 2. The number of carbonyl (C=O) groups is 1. The molecular weight excluding hydrogens is 256 g/mol. The van der Waals surface area contributed by atoms with Crippen molar-refractivity contribution in [1.82, 2.24) is 10.6 Å². The summed E-state index contributed by atoms with van der Waals surface area (Å²) in [5.74, 6) is 1.44. The average molecular weight is 278 g/mol. The highest BCUT2D eigenvalue weighted by Gasteiger charge is 2.15. The Morgan fingerprint density at radius 3 is 2.90 bits per heavy atom. The molecule has 0 radical (unpaired) electrons. The maximum atomic E-state index is 12.0. The Hall–Kier alpha value is -1.75. The Balaban J connectivity index is 1.91.